The number of para-hydroxylation sites is 1. The highest BCUT2D eigenvalue weighted by Gasteiger charge is 2.17. The molecule has 0 aliphatic heterocycles. The van der Waals surface area contributed by atoms with E-state index in [0.717, 1.165) is 22.0 Å². The first-order chi connectivity index (χ1) is 13.0. The number of hydrogen-bond acceptors (Lipinski definition) is 4. The molecule has 0 saturated heterocycles. The summed E-state index contributed by atoms with van der Waals surface area (Å²) in [6, 6.07) is 13.0. The van der Waals surface area contributed by atoms with E-state index in [1.54, 1.807) is 18.2 Å². The number of carbonyl (C=O) groups is 1. The van der Waals surface area contributed by atoms with Gasteiger partial charge >= 0.3 is 0 Å². The number of hydrogen-bond donors (Lipinski definition) is 5. The molecule has 3 aromatic rings. The second kappa shape index (κ2) is 9.66. The van der Waals surface area contributed by atoms with Gasteiger partial charge in [0.25, 0.3) is 5.91 Å². The van der Waals surface area contributed by atoms with Crippen LogP contribution in [0.5, 0.6) is 0 Å². The molecule has 1 aromatic heterocycles. The quantitative estimate of drug-likeness (QED) is 0.413. The molecule has 0 aliphatic carbocycles. The van der Waals surface area contributed by atoms with Crippen molar-refractivity contribution in [2.24, 2.45) is 11.5 Å². The Bertz CT molecular complexity index is 930. The van der Waals surface area contributed by atoms with Gasteiger partial charge in [-0.2, -0.15) is 0 Å². The van der Waals surface area contributed by atoms with Crippen molar-refractivity contribution in [1.29, 1.82) is 0 Å². The number of aliphatic hydroxyl groups excluding tert-OH is 1. The summed E-state index contributed by atoms with van der Waals surface area (Å²) < 4.78 is 13.2. The molecule has 0 saturated carbocycles. The lowest BCUT2D eigenvalue weighted by Gasteiger charge is -2.18. The molecule has 0 radical (unpaired) electrons. The van der Waals surface area contributed by atoms with E-state index in [4.69, 9.17) is 11.5 Å². The van der Waals surface area contributed by atoms with E-state index in [9.17, 15) is 14.3 Å². The number of nitrogens with one attached hydrogen (secondary N) is 2. The minimum atomic E-state index is -0.761. The third-order valence-electron chi connectivity index (χ3n) is 4.51. The minimum absolute atomic E-state index is 0. The number of H-pyrrole nitrogens is 1. The van der Waals surface area contributed by atoms with Crippen molar-refractivity contribution in [2.75, 3.05) is 13.1 Å². The number of nitrogens with two attached hydrogens (primary N) is 2. The number of rotatable bonds is 7. The summed E-state index contributed by atoms with van der Waals surface area (Å²) >= 11 is 0. The number of aromatic nitrogens is 1. The standard InChI is InChI=1S/C20H23FN4O2.ClH/c21-14-6-4-12(5-7-14)15-3-1-2-13-10-17(25-19(13)15)20(27)24-11-16(23)18(26)8-9-22;/h1-7,10,16,18,25-26H,8-9,11,22-23H2,(H,24,27);1H/t16-,18?;/m0./s1. The molecule has 0 spiro atoms. The Kier molecular flexibility index (Phi) is 7.53. The Hall–Kier alpha value is -2.45. The van der Waals surface area contributed by atoms with Crippen molar-refractivity contribution in [1.82, 2.24) is 10.3 Å². The first kappa shape index (κ1) is 21.8. The van der Waals surface area contributed by atoms with Crippen molar-refractivity contribution in [3.8, 4) is 11.1 Å². The van der Waals surface area contributed by atoms with Crippen LogP contribution in [-0.2, 0) is 0 Å². The van der Waals surface area contributed by atoms with Gasteiger partial charge in [-0.25, -0.2) is 4.39 Å². The predicted molar refractivity (Wildman–Crippen MR) is 111 cm³/mol. The predicted octanol–water partition coefficient (Wildman–Crippen LogP) is 2.16. The van der Waals surface area contributed by atoms with Crippen LogP contribution in [0.2, 0.25) is 0 Å². The molecule has 0 aliphatic rings. The largest absolute Gasteiger partial charge is 0.391 e. The Balaban J connectivity index is 0.00000280. The van der Waals surface area contributed by atoms with E-state index in [0.29, 0.717) is 18.7 Å². The van der Waals surface area contributed by atoms with Gasteiger partial charge in [-0.15, -0.1) is 12.4 Å². The van der Waals surface area contributed by atoms with Crippen LogP contribution in [0.15, 0.2) is 48.5 Å². The highest BCUT2D eigenvalue weighted by molar-refractivity contribution is 6.02. The average molecular weight is 407 g/mol. The van der Waals surface area contributed by atoms with Crippen LogP contribution in [0.4, 0.5) is 4.39 Å². The topological polar surface area (TPSA) is 117 Å². The van der Waals surface area contributed by atoms with Crippen molar-refractivity contribution >= 4 is 29.2 Å². The Morgan fingerprint density at radius 3 is 2.61 bits per heavy atom. The summed E-state index contributed by atoms with van der Waals surface area (Å²) in [6.45, 7) is 0.469. The van der Waals surface area contributed by atoms with Gasteiger partial charge in [-0.05, 0) is 36.7 Å². The van der Waals surface area contributed by atoms with Crippen LogP contribution >= 0.6 is 12.4 Å². The first-order valence-electron chi connectivity index (χ1n) is 8.79. The van der Waals surface area contributed by atoms with Gasteiger partial charge in [0.2, 0.25) is 0 Å². The minimum Gasteiger partial charge on any atom is -0.391 e. The molecule has 2 atom stereocenters. The normalized spacial score (nSPS) is 13.0. The molecule has 6 nitrogen and oxygen atoms in total. The van der Waals surface area contributed by atoms with Crippen LogP contribution in [0.3, 0.4) is 0 Å². The summed E-state index contributed by atoms with van der Waals surface area (Å²) in [5, 5.41) is 13.4. The highest BCUT2D eigenvalue weighted by atomic mass is 35.5. The second-order valence-corrected chi connectivity index (χ2v) is 6.48. The number of halogens is 2. The maximum Gasteiger partial charge on any atom is 0.267 e. The molecular weight excluding hydrogens is 383 g/mol. The van der Waals surface area contributed by atoms with Crippen LogP contribution < -0.4 is 16.8 Å². The maximum atomic E-state index is 13.2. The van der Waals surface area contributed by atoms with E-state index >= 15 is 0 Å². The van der Waals surface area contributed by atoms with Gasteiger partial charge in [0.1, 0.15) is 11.5 Å². The number of benzene rings is 2. The fourth-order valence-electron chi connectivity index (χ4n) is 2.98. The van der Waals surface area contributed by atoms with Crippen LogP contribution in [0.25, 0.3) is 22.0 Å². The monoisotopic (exact) mass is 406 g/mol. The molecule has 0 fully saturated rings. The molecule has 2 aromatic carbocycles. The van der Waals surface area contributed by atoms with Gasteiger partial charge < -0.3 is 26.9 Å². The molecule has 1 heterocycles. The summed E-state index contributed by atoms with van der Waals surface area (Å²) in [7, 11) is 0. The maximum absolute atomic E-state index is 13.2. The molecule has 3 rings (SSSR count). The summed E-state index contributed by atoms with van der Waals surface area (Å²) in [5.74, 6) is -0.614. The first-order valence-corrected chi connectivity index (χ1v) is 8.79. The molecule has 150 valence electrons. The molecule has 7 N–H and O–H groups in total. The summed E-state index contributed by atoms with van der Waals surface area (Å²) in [5.41, 5.74) is 14.2. The Labute approximate surface area is 168 Å². The number of aromatic amines is 1. The van der Waals surface area contributed by atoms with Gasteiger partial charge in [-0.1, -0.05) is 30.3 Å². The molecule has 1 unspecified atom stereocenters. The fraction of sp³-hybridized carbons (Fsp3) is 0.250. The third-order valence-corrected chi connectivity index (χ3v) is 4.51. The Morgan fingerprint density at radius 2 is 1.93 bits per heavy atom. The third kappa shape index (κ3) is 4.88. The molecule has 1 amide bonds. The lowest BCUT2D eigenvalue weighted by atomic mass is 10.0. The zero-order valence-corrected chi connectivity index (χ0v) is 16.0. The van der Waals surface area contributed by atoms with Gasteiger partial charge in [-0.3, -0.25) is 4.79 Å². The fourth-order valence-corrected chi connectivity index (χ4v) is 2.98. The summed E-state index contributed by atoms with van der Waals surface area (Å²) in [4.78, 5) is 15.6. The zero-order valence-electron chi connectivity index (χ0n) is 15.2. The smallest absolute Gasteiger partial charge is 0.267 e. The number of amides is 1. The molecule has 0 bridgehead atoms. The van der Waals surface area contributed by atoms with Crippen LogP contribution in [-0.4, -0.2) is 41.2 Å². The second-order valence-electron chi connectivity index (χ2n) is 6.48. The van der Waals surface area contributed by atoms with Crippen LogP contribution in [0, 0.1) is 5.82 Å². The summed E-state index contributed by atoms with van der Waals surface area (Å²) in [6.07, 6.45) is -0.382. The van der Waals surface area contributed by atoms with Crippen molar-refractivity contribution in [3.63, 3.8) is 0 Å². The lowest BCUT2D eigenvalue weighted by Crippen LogP contribution is -2.45. The van der Waals surface area contributed by atoms with E-state index < -0.39 is 12.1 Å². The molecular formula is C20H24ClFN4O2. The van der Waals surface area contributed by atoms with Gasteiger partial charge in [0, 0.05) is 23.5 Å². The number of carbonyl (C=O) groups excluding carboxylic acids is 1. The Morgan fingerprint density at radius 1 is 1.21 bits per heavy atom. The molecule has 8 heteroatoms. The zero-order chi connectivity index (χ0) is 19.4. The van der Waals surface area contributed by atoms with E-state index in [1.165, 1.54) is 12.1 Å². The lowest BCUT2D eigenvalue weighted by molar-refractivity contribution is 0.0924. The van der Waals surface area contributed by atoms with Crippen molar-refractivity contribution in [3.05, 3.63) is 60.0 Å². The number of aliphatic hydroxyl groups is 1. The van der Waals surface area contributed by atoms with E-state index in [2.05, 4.69) is 10.3 Å². The average Bonchev–Trinajstić information content (AvgIpc) is 3.11. The SMILES string of the molecule is Cl.NCCC(O)[C@@H](N)CNC(=O)c1cc2cccc(-c3ccc(F)cc3)c2[nH]1. The van der Waals surface area contributed by atoms with Gasteiger partial charge in [0.05, 0.1) is 11.6 Å². The highest BCUT2D eigenvalue weighted by Crippen LogP contribution is 2.28. The van der Waals surface area contributed by atoms with Crippen molar-refractivity contribution < 1.29 is 14.3 Å². The van der Waals surface area contributed by atoms with Crippen LogP contribution in [0.1, 0.15) is 16.9 Å². The number of fused-ring (bicyclic) bond motifs is 1. The molecule has 28 heavy (non-hydrogen) atoms. The van der Waals surface area contributed by atoms with E-state index in [-0.39, 0.29) is 30.7 Å². The van der Waals surface area contributed by atoms with Gasteiger partial charge in [0.15, 0.2) is 0 Å². The van der Waals surface area contributed by atoms with Crippen molar-refractivity contribution in [2.45, 2.75) is 18.6 Å². The van der Waals surface area contributed by atoms with E-state index in [1.807, 2.05) is 18.2 Å².